The number of halogens is 1. The summed E-state index contributed by atoms with van der Waals surface area (Å²) in [6.07, 6.45) is 17.0. The van der Waals surface area contributed by atoms with Gasteiger partial charge < -0.3 is 18.1 Å². The van der Waals surface area contributed by atoms with E-state index in [0.717, 1.165) is 0 Å². The molecular formula is C15H34ClN. The fraction of sp³-hybridized carbons (Fsp3) is 1.00. The molecule has 0 bridgehead atoms. The second kappa shape index (κ2) is 16.2. The maximum Gasteiger partial charge on any atom is 0.0840 e. The maximum atomic E-state index is 4.13. The van der Waals surface area contributed by atoms with Crippen molar-refractivity contribution in [2.24, 2.45) is 0 Å². The van der Waals surface area contributed by atoms with Gasteiger partial charge >= 0.3 is 0 Å². The van der Waals surface area contributed by atoms with Crippen molar-refractivity contribution in [1.82, 2.24) is 0 Å². The minimum atomic E-state index is 0. The van der Waals surface area contributed by atoms with Crippen molar-refractivity contribution >= 4 is 0 Å². The molecule has 1 nitrogen and oxygen atoms in total. The molecule has 0 aromatic carbocycles. The van der Waals surface area contributed by atoms with Gasteiger partial charge in [0.1, 0.15) is 0 Å². The van der Waals surface area contributed by atoms with E-state index in [4.69, 9.17) is 0 Å². The highest BCUT2D eigenvalue weighted by Gasteiger charge is 2.01. The molecule has 106 valence electrons. The third-order valence-electron chi connectivity index (χ3n) is 3.54. The average Bonchev–Trinajstić information content (AvgIpc) is 2.31. The smallest absolute Gasteiger partial charge is 0.0840 e. The number of hydrogen-bond acceptors (Lipinski definition) is 0. The van der Waals surface area contributed by atoms with Crippen LogP contribution in [-0.2, 0) is 0 Å². The van der Waals surface area contributed by atoms with Gasteiger partial charge in [-0.05, 0) is 19.3 Å². The fourth-order valence-corrected chi connectivity index (χ4v) is 2.12. The summed E-state index contributed by atoms with van der Waals surface area (Å²) in [7, 11) is 0. The average molecular weight is 264 g/mol. The molecule has 0 rings (SSSR count). The van der Waals surface area contributed by atoms with Gasteiger partial charge in [-0.1, -0.05) is 71.6 Å². The normalized spacial score (nSPS) is 12.2. The molecule has 0 fully saturated rings. The summed E-state index contributed by atoms with van der Waals surface area (Å²) in [5.74, 6) is 0. The Hall–Kier alpha value is 0.250. The zero-order valence-electron chi connectivity index (χ0n) is 12.1. The van der Waals surface area contributed by atoms with E-state index in [1.165, 1.54) is 77.0 Å². The first kappa shape index (κ1) is 19.6. The highest BCUT2D eigenvalue weighted by Crippen LogP contribution is 2.11. The molecule has 0 heterocycles. The predicted molar refractivity (Wildman–Crippen MR) is 73.4 cm³/mol. The van der Waals surface area contributed by atoms with Crippen LogP contribution in [0.3, 0.4) is 0 Å². The molecule has 1 unspecified atom stereocenters. The van der Waals surface area contributed by atoms with E-state index in [1.807, 2.05) is 0 Å². The van der Waals surface area contributed by atoms with E-state index < -0.39 is 0 Å². The summed E-state index contributed by atoms with van der Waals surface area (Å²) < 4.78 is 0. The first-order chi connectivity index (χ1) is 7.81. The van der Waals surface area contributed by atoms with Gasteiger partial charge in [-0.3, -0.25) is 0 Å². The summed E-state index contributed by atoms with van der Waals surface area (Å²) in [4.78, 5) is 0. The molecule has 17 heavy (non-hydrogen) atoms. The van der Waals surface area contributed by atoms with Gasteiger partial charge in [0.05, 0.1) is 6.04 Å². The summed E-state index contributed by atoms with van der Waals surface area (Å²) in [6, 6.07) is 0.703. The van der Waals surface area contributed by atoms with E-state index >= 15 is 0 Å². The minimum absolute atomic E-state index is 0. The Balaban J connectivity index is 0. The second-order valence-electron chi connectivity index (χ2n) is 5.24. The fourth-order valence-electron chi connectivity index (χ4n) is 2.12. The van der Waals surface area contributed by atoms with Crippen LogP contribution in [0.5, 0.6) is 0 Å². The van der Waals surface area contributed by atoms with Crippen LogP contribution in [0, 0.1) is 0 Å². The van der Waals surface area contributed by atoms with E-state index in [1.54, 1.807) is 0 Å². The van der Waals surface area contributed by atoms with Gasteiger partial charge in [-0.15, -0.1) is 0 Å². The Morgan fingerprint density at radius 1 is 0.706 bits per heavy atom. The van der Waals surface area contributed by atoms with Gasteiger partial charge in [0, 0.05) is 0 Å². The third-order valence-corrected chi connectivity index (χ3v) is 3.54. The Morgan fingerprint density at radius 3 is 1.53 bits per heavy atom. The van der Waals surface area contributed by atoms with Crippen molar-refractivity contribution in [2.75, 3.05) is 0 Å². The van der Waals surface area contributed by atoms with Crippen LogP contribution in [0.1, 0.15) is 90.9 Å². The second-order valence-corrected chi connectivity index (χ2v) is 5.24. The van der Waals surface area contributed by atoms with Crippen LogP contribution in [-0.4, -0.2) is 6.04 Å². The van der Waals surface area contributed by atoms with Gasteiger partial charge in [0.25, 0.3) is 0 Å². The van der Waals surface area contributed by atoms with Gasteiger partial charge in [-0.2, -0.15) is 0 Å². The molecule has 0 saturated heterocycles. The number of hydrogen-bond donors (Lipinski definition) is 1. The van der Waals surface area contributed by atoms with Crippen LogP contribution in [0.15, 0.2) is 0 Å². The lowest BCUT2D eigenvalue weighted by Gasteiger charge is -2.05. The van der Waals surface area contributed by atoms with Crippen LogP contribution < -0.4 is 18.1 Å². The zero-order chi connectivity index (χ0) is 12.1. The summed E-state index contributed by atoms with van der Waals surface area (Å²) in [5.41, 5.74) is 4.13. The molecule has 0 aromatic heterocycles. The van der Waals surface area contributed by atoms with Crippen molar-refractivity contribution in [2.45, 2.75) is 96.9 Å². The lowest BCUT2D eigenvalue weighted by atomic mass is 10.0. The molecule has 3 N–H and O–H groups in total. The summed E-state index contributed by atoms with van der Waals surface area (Å²) in [6.45, 7) is 4.53. The predicted octanol–water partition coefficient (Wildman–Crippen LogP) is 1.32. The van der Waals surface area contributed by atoms with Crippen molar-refractivity contribution in [1.29, 1.82) is 0 Å². The van der Waals surface area contributed by atoms with Crippen molar-refractivity contribution in [3.05, 3.63) is 0 Å². The topological polar surface area (TPSA) is 27.6 Å². The Labute approximate surface area is 115 Å². The molecule has 0 spiro atoms. The number of quaternary nitrogens is 1. The van der Waals surface area contributed by atoms with Gasteiger partial charge in [0.15, 0.2) is 0 Å². The summed E-state index contributed by atoms with van der Waals surface area (Å²) in [5, 5.41) is 0. The zero-order valence-corrected chi connectivity index (χ0v) is 12.9. The minimum Gasteiger partial charge on any atom is -1.00 e. The highest BCUT2D eigenvalue weighted by molar-refractivity contribution is 4.52. The molecule has 0 aliphatic heterocycles. The van der Waals surface area contributed by atoms with Crippen LogP contribution in [0.2, 0.25) is 0 Å². The third kappa shape index (κ3) is 16.2. The quantitative estimate of drug-likeness (QED) is 0.515. The summed E-state index contributed by atoms with van der Waals surface area (Å²) >= 11 is 0. The Morgan fingerprint density at radius 2 is 1.12 bits per heavy atom. The number of rotatable bonds is 12. The lowest BCUT2D eigenvalue weighted by Crippen LogP contribution is -3.00. The van der Waals surface area contributed by atoms with E-state index in [-0.39, 0.29) is 12.4 Å². The van der Waals surface area contributed by atoms with E-state index in [0.29, 0.717) is 6.04 Å². The Bertz CT molecular complexity index is 128. The molecule has 0 radical (unpaired) electrons. The molecule has 0 amide bonds. The van der Waals surface area contributed by atoms with Crippen LogP contribution >= 0.6 is 0 Å². The van der Waals surface area contributed by atoms with Crippen molar-refractivity contribution in [3.8, 4) is 0 Å². The molecule has 0 aliphatic carbocycles. The molecule has 0 aromatic rings. The molecule has 2 heteroatoms. The Kier molecular flexibility index (Phi) is 18.7. The molecular weight excluding hydrogens is 230 g/mol. The molecule has 0 saturated carbocycles. The maximum absolute atomic E-state index is 4.13. The monoisotopic (exact) mass is 263 g/mol. The number of unbranched alkanes of at least 4 members (excludes halogenated alkanes) is 9. The lowest BCUT2D eigenvalue weighted by molar-refractivity contribution is -0.421. The van der Waals surface area contributed by atoms with E-state index in [2.05, 4.69) is 19.6 Å². The van der Waals surface area contributed by atoms with Crippen molar-refractivity contribution < 1.29 is 18.1 Å². The van der Waals surface area contributed by atoms with E-state index in [9.17, 15) is 0 Å². The van der Waals surface area contributed by atoms with Gasteiger partial charge in [0.2, 0.25) is 0 Å². The standard InChI is InChI=1S/C15H33N.ClH/c1-3-5-6-7-8-9-10-11-12-13-14-15(16)4-2;/h15H,3-14,16H2,1-2H3;1H. The van der Waals surface area contributed by atoms with Gasteiger partial charge in [-0.25, -0.2) is 0 Å². The largest absolute Gasteiger partial charge is 1.00 e. The van der Waals surface area contributed by atoms with Crippen LogP contribution in [0.25, 0.3) is 0 Å². The first-order valence-corrected chi connectivity index (χ1v) is 7.64. The van der Waals surface area contributed by atoms with Crippen LogP contribution in [0.4, 0.5) is 0 Å². The first-order valence-electron chi connectivity index (χ1n) is 7.64. The molecule has 0 aliphatic rings. The highest BCUT2D eigenvalue weighted by atomic mass is 35.5. The molecule has 1 atom stereocenters. The van der Waals surface area contributed by atoms with Crippen molar-refractivity contribution in [3.63, 3.8) is 0 Å². The SMILES string of the molecule is CCCCCCCCCCCCC([NH3+])CC.[Cl-].